The van der Waals surface area contributed by atoms with E-state index >= 15 is 0 Å². The zero-order valence-corrected chi connectivity index (χ0v) is 14.5. The number of nitrogens with zero attached hydrogens (tertiary/aromatic N) is 1. The van der Waals surface area contributed by atoms with Gasteiger partial charge in [0.15, 0.2) is 5.78 Å². The van der Waals surface area contributed by atoms with Crippen LogP contribution in [0.4, 0.5) is 4.39 Å². The Bertz CT molecular complexity index is 798. The Labute approximate surface area is 145 Å². The van der Waals surface area contributed by atoms with Crippen LogP contribution in [0, 0.1) is 12.7 Å². The molecule has 0 bridgehead atoms. The number of halogens is 1. The number of aryl methyl sites for hydroxylation is 1. The standard InChI is InChI=1S/C19H21FNO2S/c1-3-9-24-18-12-15(22)7-8-19(18,23)17-10-13-5-6-14(20)11-16(13)21(17)4-2/h5-8,10-11,18,23H,1,3-4,9,12H2,2H3/q+1. The van der Waals surface area contributed by atoms with Gasteiger partial charge in [0.25, 0.3) is 0 Å². The second kappa shape index (κ2) is 6.65. The Kier molecular flexibility index (Phi) is 4.74. The minimum atomic E-state index is -1.25. The largest absolute Gasteiger partial charge is 0.378 e. The van der Waals surface area contributed by atoms with Crippen LogP contribution in [0.25, 0.3) is 10.9 Å². The van der Waals surface area contributed by atoms with Gasteiger partial charge in [-0.25, -0.2) is 4.39 Å². The number of fused-ring (bicyclic) bond motifs is 1. The van der Waals surface area contributed by atoms with E-state index < -0.39 is 5.60 Å². The zero-order valence-electron chi connectivity index (χ0n) is 13.7. The Balaban J connectivity index is 2.15. The maximum absolute atomic E-state index is 13.6. The highest BCUT2D eigenvalue weighted by molar-refractivity contribution is 8.00. The molecule has 1 aliphatic rings. The van der Waals surface area contributed by atoms with E-state index in [1.807, 2.05) is 17.6 Å². The molecule has 3 rings (SSSR count). The SMILES string of the molecule is [CH2+]CCSC1CC(=O)C=CC1(O)c1cc2ccc(F)cc2n1CC. The summed E-state index contributed by atoms with van der Waals surface area (Å²) in [5.41, 5.74) is 0.210. The highest BCUT2D eigenvalue weighted by Crippen LogP contribution is 2.41. The Morgan fingerprint density at radius 1 is 1.46 bits per heavy atom. The van der Waals surface area contributed by atoms with Gasteiger partial charge in [-0.3, -0.25) is 4.79 Å². The lowest BCUT2D eigenvalue weighted by Crippen LogP contribution is -2.41. The molecule has 1 heterocycles. The van der Waals surface area contributed by atoms with Crippen molar-refractivity contribution in [3.63, 3.8) is 0 Å². The number of benzene rings is 1. The van der Waals surface area contributed by atoms with Crippen LogP contribution in [0.15, 0.2) is 36.4 Å². The summed E-state index contributed by atoms with van der Waals surface area (Å²) in [5.74, 6) is 0.493. The van der Waals surface area contributed by atoms with Crippen molar-refractivity contribution in [3.05, 3.63) is 54.9 Å². The maximum atomic E-state index is 13.6. The number of rotatable bonds is 5. The zero-order chi connectivity index (χ0) is 17.3. The van der Waals surface area contributed by atoms with E-state index in [1.165, 1.54) is 18.2 Å². The molecule has 24 heavy (non-hydrogen) atoms. The predicted molar refractivity (Wildman–Crippen MR) is 96.5 cm³/mol. The molecule has 3 nitrogen and oxygen atoms in total. The third kappa shape index (κ3) is 2.87. The first kappa shape index (κ1) is 17.1. The van der Waals surface area contributed by atoms with Crippen LogP contribution in [0.5, 0.6) is 0 Å². The number of carbonyl (C=O) groups is 1. The number of thioether (sulfide) groups is 1. The minimum absolute atomic E-state index is 0.0199. The first-order valence-corrected chi connectivity index (χ1v) is 9.19. The predicted octanol–water partition coefficient (Wildman–Crippen LogP) is 3.84. The van der Waals surface area contributed by atoms with E-state index in [4.69, 9.17) is 0 Å². The van der Waals surface area contributed by atoms with Crippen LogP contribution in [0.2, 0.25) is 0 Å². The van der Waals surface area contributed by atoms with Gasteiger partial charge in [0.2, 0.25) is 0 Å². The van der Waals surface area contributed by atoms with Crippen molar-refractivity contribution in [2.45, 2.75) is 37.2 Å². The Morgan fingerprint density at radius 3 is 2.96 bits per heavy atom. The molecule has 2 atom stereocenters. The van der Waals surface area contributed by atoms with Gasteiger partial charge in [-0.05, 0) is 43.3 Å². The third-order valence-corrected chi connectivity index (χ3v) is 5.91. The van der Waals surface area contributed by atoms with Crippen molar-refractivity contribution in [2.24, 2.45) is 0 Å². The molecule has 2 unspecified atom stereocenters. The number of hydrogen-bond acceptors (Lipinski definition) is 3. The Hall–Kier alpha value is -1.72. The van der Waals surface area contributed by atoms with Gasteiger partial charge in [-0.1, -0.05) is 0 Å². The van der Waals surface area contributed by atoms with Gasteiger partial charge in [0.05, 0.1) is 29.8 Å². The molecule has 5 heteroatoms. The van der Waals surface area contributed by atoms with Crippen molar-refractivity contribution in [3.8, 4) is 0 Å². The van der Waals surface area contributed by atoms with Gasteiger partial charge >= 0.3 is 0 Å². The van der Waals surface area contributed by atoms with Gasteiger partial charge < -0.3 is 9.67 Å². The average Bonchev–Trinajstić information content (AvgIpc) is 2.94. The first-order chi connectivity index (χ1) is 11.5. The normalized spacial score (nSPS) is 24.0. The average molecular weight is 346 g/mol. The molecular weight excluding hydrogens is 325 g/mol. The van der Waals surface area contributed by atoms with Crippen molar-refractivity contribution in [1.82, 2.24) is 4.57 Å². The number of aromatic nitrogens is 1. The molecule has 0 saturated carbocycles. The second-order valence-electron chi connectivity index (χ2n) is 6.02. The molecule has 0 fully saturated rings. The summed E-state index contributed by atoms with van der Waals surface area (Å²) in [6.07, 6.45) is 4.07. The van der Waals surface area contributed by atoms with Crippen LogP contribution >= 0.6 is 11.8 Å². The van der Waals surface area contributed by atoms with Gasteiger partial charge in [0.1, 0.15) is 11.4 Å². The summed E-state index contributed by atoms with van der Waals surface area (Å²) in [5, 5.41) is 12.0. The number of ketones is 1. The van der Waals surface area contributed by atoms with Crippen LogP contribution in [0.3, 0.4) is 0 Å². The molecule has 2 aromatic rings. The van der Waals surface area contributed by atoms with Crippen molar-refractivity contribution < 1.29 is 14.3 Å². The summed E-state index contributed by atoms with van der Waals surface area (Å²) in [7, 11) is 0. The van der Waals surface area contributed by atoms with E-state index in [2.05, 4.69) is 6.92 Å². The van der Waals surface area contributed by atoms with E-state index in [9.17, 15) is 14.3 Å². The number of allylic oxidation sites excluding steroid dienone is 1. The van der Waals surface area contributed by atoms with Crippen LogP contribution in [0.1, 0.15) is 25.5 Å². The fourth-order valence-corrected chi connectivity index (χ4v) is 4.48. The smallest absolute Gasteiger partial charge is 0.156 e. The molecule has 0 amide bonds. The summed E-state index contributed by atoms with van der Waals surface area (Å²) >= 11 is 1.56. The maximum Gasteiger partial charge on any atom is 0.156 e. The number of carbonyl (C=O) groups excluding carboxylic acids is 1. The van der Waals surface area contributed by atoms with Gasteiger partial charge in [-0.2, -0.15) is 0 Å². The van der Waals surface area contributed by atoms with E-state index in [-0.39, 0.29) is 23.3 Å². The third-order valence-electron chi connectivity index (χ3n) is 4.46. The summed E-state index contributed by atoms with van der Waals surface area (Å²) in [4.78, 5) is 11.8. The molecule has 1 aliphatic carbocycles. The van der Waals surface area contributed by atoms with Crippen molar-refractivity contribution in [1.29, 1.82) is 0 Å². The van der Waals surface area contributed by atoms with Crippen LogP contribution in [-0.2, 0) is 16.9 Å². The second-order valence-corrected chi connectivity index (χ2v) is 7.33. The Morgan fingerprint density at radius 2 is 2.25 bits per heavy atom. The lowest BCUT2D eigenvalue weighted by atomic mass is 9.86. The van der Waals surface area contributed by atoms with E-state index in [1.54, 1.807) is 23.9 Å². The number of aliphatic hydroxyl groups is 1. The van der Waals surface area contributed by atoms with E-state index in [0.29, 0.717) is 12.2 Å². The fourth-order valence-electron chi connectivity index (χ4n) is 3.30. The molecule has 126 valence electrons. The van der Waals surface area contributed by atoms with E-state index in [0.717, 1.165) is 23.1 Å². The van der Waals surface area contributed by atoms with Crippen molar-refractivity contribution >= 4 is 28.4 Å². The molecule has 1 N–H and O–H groups in total. The van der Waals surface area contributed by atoms with Crippen LogP contribution < -0.4 is 0 Å². The van der Waals surface area contributed by atoms with Gasteiger partial charge in [0, 0.05) is 24.1 Å². The monoisotopic (exact) mass is 346 g/mol. The molecule has 0 saturated heterocycles. The quantitative estimate of drug-likeness (QED) is 0.837. The van der Waals surface area contributed by atoms with Crippen LogP contribution in [-0.4, -0.2) is 26.5 Å². The molecule has 1 aromatic carbocycles. The highest BCUT2D eigenvalue weighted by Gasteiger charge is 2.42. The lowest BCUT2D eigenvalue weighted by Gasteiger charge is -2.36. The minimum Gasteiger partial charge on any atom is -0.378 e. The summed E-state index contributed by atoms with van der Waals surface area (Å²) < 4.78 is 15.6. The summed E-state index contributed by atoms with van der Waals surface area (Å²) in [6.45, 7) is 6.41. The van der Waals surface area contributed by atoms with Gasteiger partial charge in [-0.15, -0.1) is 11.8 Å². The fraction of sp³-hybridized carbons (Fsp3) is 0.368. The van der Waals surface area contributed by atoms with Crippen molar-refractivity contribution in [2.75, 3.05) is 5.75 Å². The lowest BCUT2D eigenvalue weighted by molar-refractivity contribution is -0.116. The molecule has 0 aliphatic heterocycles. The molecular formula is C19H21FNO2S+. The first-order valence-electron chi connectivity index (χ1n) is 8.14. The highest BCUT2D eigenvalue weighted by atomic mass is 32.2. The molecule has 1 aromatic heterocycles. The molecule has 0 radical (unpaired) electrons. The summed E-state index contributed by atoms with van der Waals surface area (Å²) in [6, 6.07) is 6.53. The number of hydrogen-bond donors (Lipinski definition) is 1. The molecule has 0 spiro atoms. The topological polar surface area (TPSA) is 42.2 Å².